The first-order valence-electron chi connectivity index (χ1n) is 3.95. The lowest BCUT2D eigenvalue weighted by atomic mass is 10.0. The third kappa shape index (κ3) is 1.97. The van der Waals surface area contributed by atoms with E-state index >= 15 is 0 Å². The minimum Gasteiger partial charge on any atom is -0.261 e. The Morgan fingerprint density at radius 3 is 2.33 bits per heavy atom. The maximum absolute atomic E-state index is 12.4. The molecule has 1 atom stereocenters. The van der Waals surface area contributed by atoms with E-state index in [9.17, 15) is 19.4 Å². The number of allylic oxidation sites excluding steroid dienone is 4. The lowest BCUT2D eigenvalue weighted by molar-refractivity contribution is 0.380. The minimum atomic E-state index is -9.55. The molecule has 0 spiro atoms. The summed E-state index contributed by atoms with van der Waals surface area (Å²) >= 11 is 0. The Labute approximate surface area is 82.4 Å². The van der Waals surface area contributed by atoms with Crippen LogP contribution in [-0.4, -0.2) is 5.71 Å². The summed E-state index contributed by atoms with van der Waals surface area (Å²) < 4.78 is 61.8. The van der Waals surface area contributed by atoms with Crippen molar-refractivity contribution in [3.05, 3.63) is 35.4 Å². The Morgan fingerprint density at radius 1 is 1.07 bits per heavy atom. The van der Waals surface area contributed by atoms with Crippen LogP contribution in [0.3, 0.4) is 0 Å². The quantitative estimate of drug-likeness (QED) is 0.608. The summed E-state index contributed by atoms with van der Waals surface area (Å²) in [5, 5.41) is 0. The highest BCUT2D eigenvalue weighted by molar-refractivity contribution is 8.48. The number of rotatable bonds is 1. The third-order valence-corrected chi connectivity index (χ3v) is 3.21. The van der Waals surface area contributed by atoms with Crippen LogP contribution in [0.5, 0.6) is 0 Å². The Balaban J connectivity index is 2.49. The molecule has 0 bridgehead atoms. The summed E-state index contributed by atoms with van der Waals surface area (Å²) in [5.74, 6) is -0.409. The second kappa shape index (κ2) is 2.18. The predicted molar refractivity (Wildman–Crippen MR) is 50.4 cm³/mol. The molecule has 0 saturated carbocycles. The molecule has 1 nitrogen and oxygen atoms in total. The molecule has 0 amide bonds. The maximum atomic E-state index is 12.4. The van der Waals surface area contributed by atoms with E-state index in [0.29, 0.717) is 12.2 Å². The largest absolute Gasteiger partial charge is 0.310 e. The van der Waals surface area contributed by atoms with Gasteiger partial charge in [0, 0.05) is 12.1 Å². The van der Waals surface area contributed by atoms with Gasteiger partial charge in [0.15, 0.2) is 0 Å². The highest BCUT2D eigenvalue weighted by Gasteiger charge is 2.66. The van der Waals surface area contributed by atoms with E-state index < -0.39 is 21.0 Å². The summed E-state index contributed by atoms with van der Waals surface area (Å²) in [4.78, 5) is 1.70. The lowest BCUT2D eigenvalue weighted by Gasteiger charge is -2.42. The van der Waals surface area contributed by atoms with E-state index in [1.807, 2.05) is 0 Å². The number of hydrogen-bond donors (Lipinski definition) is 0. The smallest absolute Gasteiger partial charge is 0.261 e. The van der Waals surface area contributed by atoms with Crippen molar-refractivity contribution in [1.29, 1.82) is 0 Å². The summed E-state index contributed by atoms with van der Waals surface area (Å²) in [7, 11) is -9.55. The molecule has 0 saturated heterocycles. The minimum absolute atomic E-state index is 0.000694. The standard InChI is InChI=1S/C8H6F5NS/c9-15(10,11,12,13)7-2-1-6-3-4-14-8(6)5-7/h1-6H/t6-/m0/s1. The van der Waals surface area contributed by atoms with Crippen molar-refractivity contribution in [1.82, 2.24) is 0 Å². The molecule has 0 aromatic rings. The van der Waals surface area contributed by atoms with Crippen molar-refractivity contribution in [2.24, 2.45) is 10.9 Å². The van der Waals surface area contributed by atoms with Gasteiger partial charge < -0.3 is 0 Å². The van der Waals surface area contributed by atoms with E-state index in [2.05, 4.69) is 4.99 Å². The van der Waals surface area contributed by atoms with Crippen LogP contribution < -0.4 is 0 Å². The van der Waals surface area contributed by atoms with Crippen molar-refractivity contribution < 1.29 is 19.4 Å². The topological polar surface area (TPSA) is 12.4 Å². The first-order valence-corrected chi connectivity index (χ1v) is 5.90. The summed E-state index contributed by atoms with van der Waals surface area (Å²) in [5.41, 5.74) is 0.000694. The zero-order valence-corrected chi connectivity index (χ0v) is 8.03. The molecule has 0 aromatic carbocycles. The average Bonchev–Trinajstić information content (AvgIpc) is 2.45. The molecule has 0 unspecified atom stereocenters. The van der Waals surface area contributed by atoms with Gasteiger partial charge >= 0.3 is 10.2 Å². The van der Waals surface area contributed by atoms with E-state index in [1.54, 1.807) is 0 Å². The van der Waals surface area contributed by atoms with Gasteiger partial charge in [-0.25, -0.2) is 0 Å². The fraction of sp³-hybridized carbons (Fsp3) is 0.125. The number of fused-ring (bicyclic) bond motifs is 1. The van der Waals surface area contributed by atoms with E-state index in [1.165, 1.54) is 12.3 Å². The molecular weight excluding hydrogens is 237 g/mol. The van der Waals surface area contributed by atoms with Crippen LogP contribution in [0, 0.1) is 5.92 Å². The Morgan fingerprint density at radius 2 is 1.73 bits per heavy atom. The molecule has 0 aromatic heterocycles. The molecule has 7 heteroatoms. The van der Waals surface area contributed by atoms with Gasteiger partial charge in [0.2, 0.25) is 0 Å². The maximum Gasteiger partial charge on any atom is 0.310 e. The third-order valence-electron chi connectivity index (χ3n) is 2.06. The molecule has 2 rings (SSSR count). The fourth-order valence-electron chi connectivity index (χ4n) is 1.34. The van der Waals surface area contributed by atoms with Crippen LogP contribution in [0.1, 0.15) is 0 Å². The van der Waals surface area contributed by atoms with Crippen LogP contribution in [0.25, 0.3) is 0 Å². The van der Waals surface area contributed by atoms with Crippen LogP contribution >= 0.6 is 10.2 Å². The van der Waals surface area contributed by atoms with Crippen LogP contribution in [0.15, 0.2) is 40.4 Å². The highest BCUT2D eigenvalue weighted by Crippen LogP contribution is 3.02. The molecule has 2 aliphatic rings. The van der Waals surface area contributed by atoms with Crippen LogP contribution in [0.4, 0.5) is 19.4 Å². The zero-order valence-electron chi connectivity index (χ0n) is 7.21. The molecule has 0 radical (unpaired) electrons. The Hall–Kier alpha value is -1.11. The van der Waals surface area contributed by atoms with Gasteiger partial charge in [-0.15, -0.1) is 0 Å². The van der Waals surface area contributed by atoms with Crippen molar-refractivity contribution in [3.63, 3.8) is 0 Å². The normalized spacial score (nSPS) is 29.0. The van der Waals surface area contributed by atoms with Gasteiger partial charge in [0.25, 0.3) is 0 Å². The van der Waals surface area contributed by atoms with Crippen molar-refractivity contribution in [2.75, 3.05) is 0 Å². The average molecular weight is 243 g/mol. The Kier molecular flexibility index (Phi) is 1.52. The van der Waals surface area contributed by atoms with E-state index in [-0.39, 0.29) is 5.71 Å². The van der Waals surface area contributed by atoms with E-state index in [0.717, 1.165) is 6.08 Å². The molecule has 0 N–H and O–H groups in total. The molecular formula is C8H6F5NS. The number of nitrogens with zero attached hydrogens (tertiary/aromatic N) is 1. The monoisotopic (exact) mass is 243 g/mol. The summed E-state index contributed by atoms with van der Waals surface area (Å²) in [6.45, 7) is 0. The number of hydrogen-bond acceptors (Lipinski definition) is 1. The summed E-state index contributed by atoms with van der Waals surface area (Å²) in [6, 6.07) is 0. The molecule has 1 heterocycles. The summed E-state index contributed by atoms with van der Waals surface area (Å²) in [6.07, 6.45) is 4.72. The zero-order chi connectivity index (χ0) is 11.4. The van der Waals surface area contributed by atoms with Crippen molar-refractivity contribution in [3.8, 4) is 0 Å². The molecule has 1 aliphatic carbocycles. The van der Waals surface area contributed by atoms with E-state index in [4.69, 9.17) is 0 Å². The predicted octanol–water partition coefficient (Wildman–Crippen LogP) is 4.32. The van der Waals surface area contributed by atoms with Gasteiger partial charge in [-0.1, -0.05) is 31.6 Å². The van der Waals surface area contributed by atoms with Gasteiger partial charge in [0.05, 0.1) is 5.71 Å². The van der Waals surface area contributed by atoms with Crippen LogP contribution in [0.2, 0.25) is 0 Å². The van der Waals surface area contributed by atoms with Gasteiger partial charge in [-0.3, -0.25) is 4.99 Å². The number of halogens is 5. The van der Waals surface area contributed by atoms with Gasteiger partial charge in [0.1, 0.15) is 4.91 Å². The second-order valence-corrected chi connectivity index (χ2v) is 5.71. The lowest BCUT2D eigenvalue weighted by Crippen LogP contribution is -2.15. The molecule has 15 heavy (non-hydrogen) atoms. The van der Waals surface area contributed by atoms with Crippen LogP contribution in [-0.2, 0) is 0 Å². The molecule has 84 valence electrons. The van der Waals surface area contributed by atoms with Gasteiger partial charge in [-0.05, 0) is 12.2 Å². The first kappa shape index (κ1) is 10.4. The van der Waals surface area contributed by atoms with Crippen molar-refractivity contribution in [2.45, 2.75) is 0 Å². The highest BCUT2D eigenvalue weighted by atomic mass is 32.5. The fourth-order valence-corrected chi connectivity index (χ4v) is 2.01. The van der Waals surface area contributed by atoms with Crippen molar-refractivity contribution >= 4 is 15.9 Å². The second-order valence-electron chi connectivity index (χ2n) is 3.30. The SMILES string of the molecule is FS(F)(F)(F)(F)C1=CC2=NC=C[C@@H]2C=C1. The molecule has 1 aliphatic heterocycles. The first-order chi connectivity index (χ1) is 6.56. The number of aliphatic imine (C=N–C) groups is 1. The van der Waals surface area contributed by atoms with Gasteiger partial charge in [-0.2, -0.15) is 0 Å². The molecule has 0 fully saturated rings. The Bertz CT molecular complexity index is 439.